The summed E-state index contributed by atoms with van der Waals surface area (Å²) in [5.41, 5.74) is 1.90. The van der Waals surface area contributed by atoms with Crippen LogP contribution in [0.3, 0.4) is 0 Å². The molecule has 2 aromatic carbocycles. The van der Waals surface area contributed by atoms with E-state index in [2.05, 4.69) is 24.4 Å². The highest BCUT2D eigenvalue weighted by atomic mass is 16.7. The van der Waals surface area contributed by atoms with E-state index in [4.69, 9.17) is 9.47 Å². The number of para-hydroxylation sites is 1. The number of allylic oxidation sites excluding steroid dienone is 1. The largest absolute Gasteiger partial charge is 0.459 e. The molecular formula is C23H27NO3. The van der Waals surface area contributed by atoms with E-state index in [1.165, 1.54) is 0 Å². The molecule has 142 valence electrons. The molecule has 3 rings (SSSR count). The maximum absolute atomic E-state index is 12.7. The number of anilines is 1. The van der Waals surface area contributed by atoms with Crippen molar-refractivity contribution in [2.45, 2.75) is 44.8 Å². The van der Waals surface area contributed by atoms with E-state index in [1.807, 2.05) is 54.6 Å². The quantitative estimate of drug-likeness (QED) is 0.650. The molecule has 0 saturated heterocycles. The molecule has 27 heavy (non-hydrogen) atoms. The highest BCUT2D eigenvalue weighted by Crippen LogP contribution is 2.31. The molecule has 2 atom stereocenters. The van der Waals surface area contributed by atoms with E-state index < -0.39 is 6.29 Å². The standard InChI is InChI=1S/C23H27NO3/c1-2-3-10-15-26-22-17-19(18-11-6-4-7-12-18)16-21(27-22)23(25)24-20-13-8-5-9-14-20/h4-9,11-14,16,19,22H,2-3,10,15,17H2,1H3,(H,24,25)/t19-,22+/m0/s1. The van der Waals surface area contributed by atoms with Gasteiger partial charge in [0, 0.05) is 18.0 Å². The van der Waals surface area contributed by atoms with E-state index >= 15 is 0 Å². The second-order valence-corrected chi connectivity index (χ2v) is 6.73. The third-order valence-electron chi connectivity index (χ3n) is 4.59. The number of carbonyl (C=O) groups is 1. The Hall–Kier alpha value is -2.59. The van der Waals surface area contributed by atoms with Crippen molar-refractivity contribution in [3.63, 3.8) is 0 Å². The minimum Gasteiger partial charge on any atom is -0.459 e. The van der Waals surface area contributed by atoms with Crippen molar-refractivity contribution < 1.29 is 14.3 Å². The molecule has 0 radical (unpaired) electrons. The third kappa shape index (κ3) is 5.69. The van der Waals surface area contributed by atoms with Crippen molar-refractivity contribution in [3.05, 3.63) is 78.1 Å². The lowest BCUT2D eigenvalue weighted by Crippen LogP contribution is -2.29. The van der Waals surface area contributed by atoms with E-state index in [0.717, 1.165) is 30.5 Å². The summed E-state index contributed by atoms with van der Waals surface area (Å²) in [6.45, 7) is 2.81. The first-order valence-electron chi connectivity index (χ1n) is 9.67. The second-order valence-electron chi connectivity index (χ2n) is 6.73. The Morgan fingerprint density at radius 1 is 1.07 bits per heavy atom. The zero-order valence-corrected chi connectivity index (χ0v) is 15.8. The smallest absolute Gasteiger partial charge is 0.290 e. The molecule has 1 N–H and O–H groups in total. The number of hydrogen-bond donors (Lipinski definition) is 1. The molecule has 0 fully saturated rings. The Labute approximate surface area is 161 Å². The predicted molar refractivity (Wildman–Crippen MR) is 107 cm³/mol. The Balaban J connectivity index is 1.72. The summed E-state index contributed by atoms with van der Waals surface area (Å²) >= 11 is 0. The molecule has 1 aliphatic rings. The molecule has 1 aliphatic heterocycles. The van der Waals surface area contributed by atoms with Crippen LogP contribution < -0.4 is 5.32 Å². The normalized spacial score (nSPS) is 19.1. The lowest BCUT2D eigenvalue weighted by molar-refractivity contribution is -0.143. The zero-order valence-electron chi connectivity index (χ0n) is 15.8. The number of unbranched alkanes of at least 4 members (excludes halogenated alkanes) is 2. The first-order chi connectivity index (χ1) is 13.3. The Morgan fingerprint density at radius 2 is 1.78 bits per heavy atom. The number of carbonyl (C=O) groups excluding carboxylic acids is 1. The predicted octanol–water partition coefficient (Wildman–Crippen LogP) is 5.25. The van der Waals surface area contributed by atoms with Gasteiger partial charge in [0.15, 0.2) is 5.76 Å². The molecule has 0 bridgehead atoms. The monoisotopic (exact) mass is 365 g/mol. The van der Waals surface area contributed by atoms with Gasteiger partial charge in [-0.1, -0.05) is 68.3 Å². The Morgan fingerprint density at radius 3 is 2.48 bits per heavy atom. The van der Waals surface area contributed by atoms with Gasteiger partial charge >= 0.3 is 0 Å². The van der Waals surface area contributed by atoms with Crippen LogP contribution in [0.4, 0.5) is 5.69 Å². The lowest BCUT2D eigenvalue weighted by Gasteiger charge is -2.29. The summed E-state index contributed by atoms with van der Waals surface area (Å²) in [6, 6.07) is 19.6. The molecule has 1 heterocycles. The summed E-state index contributed by atoms with van der Waals surface area (Å²) in [5.74, 6) is 0.163. The van der Waals surface area contributed by atoms with Crippen LogP contribution in [0.15, 0.2) is 72.5 Å². The van der Waals surface area contributed by atoms with Crippen molar-refractivity contribution in [1.82, 2.24) is 0 Å². The molecule has 4 nitrogen and oxygen atoms in total. The van der Waals surface area contributed by atoms with Gasteiger partial charge in [-0.05, 0) is 30.2 Å². The second kappa shape index (κ2) is 9.93. The fourth-order valence-electron chi connectivity index (χ4n) is 3.13. The Bertz CT molecular complexity index is 743. The van der Waals surface area contributed by atoms with Crippen molar-refractivity contribution in [1.29, 1.82) is 0 Å². The van der Waals surface area contributed by atoms with E-state index in [1.54, 1.807) is 0 Å². The van der Waals surface area contributed by atoms with Crippen LogP contribution in [0.2, 0.25) is 0 Å². The third-order valence-corrected chi connectivity index (χ3v) is 4.59. The Kier molecular flexibility index (Phi) is 7.05. The minimum absolute atomic E-state index is 0.0904. The van der Waals surface area contributed by atoms with Gasteiger partial charge in [0.1, 0.15) is 0 Å². The summed E-state index contributed by atoms with van der Waals surface area (Å²) < 4.78 is 11.8. The molecule has 0 spiro atoms. The first kappa shape index (κ1) is 19.2. The van der Waals surface area contributed by atoms with Crippen molar-refractivity contribution >= 4 is 11.6 Å². The average Bonchev–Trinajstić information content (AvgIpc) is 2.72. The highest BCUT2D eigenvalue weighted by molar-refractivity contribution is 6.02. The van der Waals surface area contributed by atoms with Gasteiger partial charge in [0.2, 0.25) is 6.29 Å². The van der Waals surface area contributed by atoms with Crippen LogP contribution >= 0.6 is 0 Å². The molecule has 0 saturated carbocycles. The van der Waals surface area contributed by atoms with E-state index in [9.17, 15) is 4.79 Å². The van der Waals surface area contributed by atoms with Gasteiger partial charge < -0.3 is 14.8 Å². The SMILES string of the molecule is CCCCCO[C@H]1C[C@@H](c2ccccc2)C=C(C(=O)Nc2ccccc2)O1. The molecule has 1 amide bonds. The summed E-state index contributed by atoms with van der Waals surface area (Å²) in [6.07, 6.45) is 5.48. The van der Waals surface area contributed by atoms with Crippen LogP contribution in [-0.4, -0.2) is 18.8 Å². The van der Waals surface area contributed by atoms with E-state index in [0.29, 0.717) is 18.8 Å². The maximum atomic E-state index is 12.7. The molecule has 2 aromatic rings. The number of ether oxygens (including phenoxy) is 2. The van der Waals surface area contributed by atoms with Gasteiger partial charge in [-0.3, -0.25) is 4.79 Å². The summed E-state index contributed by atoms with van der Waals surface area (Å²) in [7, 11) is 0. The summed E-state index contributed by atoms with van der Waals surface area (Å²) in [4.78, 5) is 12.7. The first-order valence-corrected chi connectivity index (χ1v) is 9.67. The van der Waals surface area contributed by atoms with Gasteiger partial charge in [-0.25, -0.2) is 0 Å². The maximum Gasteiger partial charge on any atom is 0.290 e. The molecule has 0 unspecified atom stereocenters. The van der Waals surface area contributed by atoms with Crippen molar-refractivity contribution in [2.24, 2.45) is 0 Å². The van der Waals surface area contributed by atoms with Crippen LogP contribution in [0, 0.1) is 0 Å². The fourth-order valence-corrected chi connectivity index (χ4v) is 3.13. The number of hydrogen-bond acceptors (Lipinski definition) is 3. The van der Waals surface area contributed by atoms with Crippen LogP contribution in [0.5, 0.6) is 0 Å². The van der Waals surface area contributed by atoms with E-state index in [-0.39, 0.29) is 11.8 Å². The van der Waals surface area contributed by atoms with Crippen molar-refractivity contribution in [3.8, 4) is 0 Å². The van der Waals surface area contributed by atoms with Gasteiger partial charge in [-0.15, -0.1) is 0 Å². The molecular weight excluding hydrogens is 338 g/mol. The topological polar surface area (TPSA) is 47.6 Å². The molecule has 0 aliphatic carbocycles. The van der Waals surface area contributed by atoms with Gasteiger partial charge in [0.25, 0.3) is 5.91 Å². The zero-order chi connectivity index (χ0) is 18.9. The number of rotatable bonds is 8. The average molecular weight is 365 g/mol. The van der Waals surface area contributed by atoms with Crippen molar-refractivity contribution in [2.75, 3.05) is 11.9 Å². The molecule has 0 aromatic heterocycles. The van der Waals surface area contributed by atoms with Crippen LogP contribution in [-0.2, 0) is 14.3 Å². The number of amides is 1. The van der Waals surface area contributed by atoms with Gasteiger partial charge in [-0.2, -0.15) is 0 Å². The number of benzene rings is 2. The summed E-state index contributed by atoms with van der Waals surface area (Å²) in [5, 5.41) is 2.89. The van der Waals surface area contributed by atoms with Crippen LogP contribution in [0.1, 0.15) is 44.1 Å². The fraction of sp³-hybridized carbons (Fsp3) is 0.348. The van der Waals surface area contributed by atoms with Gasteiger partial charge in [0.05, 0.1) is 6.61 Å². The minimum atomic E-state index is -0.409. The molecule has 4 heteroatoms. The highest BCUT2D eigenvalue weighted by Gasteiger charge is 2.28. The lowest BCUT2D eigenvalue weighted by atomic mass is 9.93. The van der Waals surface area contributed by atoms with Crippen LogP contribution in [0.25, 0.3) is 0 Å². The number of nitrogens with one attached hydrogen (secondary N) is 1.